The summed E-state index contributed by atoms with van der Waals surface area (Å²) in [6.45, 7) is 3.83. The lowest BCUT2D eigenvalue weighted by molar-refractivity contribution is 0.202. The maximum Gasteiger partial charge on any atom is 0.329 e. The van der Waals surface area contributed by atoms with Gasteiger partial charge in [-0.15, -0.1) is 0 Å². The van der Waals surface area contributed by atoms with E-state index < -0.39 is 0 Å². The summed E-state index contributed by atoms with van der Waals surface area (Å²) in [5.41, 5.74) is 0. The number of amides is 1. The van der Waals surface area contributed by atoms with Gasteiger partial charge in [-0.3, -0.25) is 4.57 Å². The zero-order valence-electron chi connectivity index (χ0n) is 8.09. The summed E-state index contributed by atoms with van der Waals surface area (Å²) in [4.78, 5) is 17.6. The molecule has 0 saturated carbocycles. The lowest BCUT2D eigenvalue weighted by atomic mass is 10.4. The molecule has 1 saturated heterocycles. The van der Waals surface area contributed by atoms with Crippen molar-refractivity contribution in [1.29, 1.82) is 0 Å². The standard InChI is InChI=1S/C9H13N3OS/c1-8-6-11(4-5-14-8)9(13)12-3-2-10-7-12/h2-3,7-8H,4-6H2,1H3. The van der Waals surface area contributed by atoms with Gasteiger partial charge >= 0.3 is 6.03 Å². The third-order valence-electron chi connectivity index (χ3n) is 2.24. The van der Waals surface area contributed by atoms with Crippen LogP contribution in [-0.2, 0) is 0 Å². The molecular formula is C9H13N3OS. The Morgan fingerprint density at radius 2 is 2.50 bits per heavy atom. The Bertz CT molecular complexity index is 312. The number of aromatic nitrogens is 2. The van der Waals surface area contributed by atoms with Crippen LogP contribution in [0.2, 0.25) is 0 Å². The van der Waals surface area contributed by atoms with E-state index in [1.54, 1.807) is 18.7 Å². The van der Waals surface area contributed by atoms with Crippen LogP contribution in [0.4, 0.5) is 4.79 Å². The van der Waals surface area contributed by atoms with Crippen molar-refractivity contribution in [3.63, 3.8) is 0 Å². The zero-order chi connectivity index (χ0) is 9.97. The highest BCUT2D eigenvalue weighted by atomic mass is 32.2. The fourth-order valence-corrected chi connectivity index (χ4v) is 2.54. The Hall–Kier alpha value is -0.970. The van der Waals surface area contributed by atoms with Crippen LogP contribution in [0.25, 0.3) is 0 Å². The highest BCUT2D eigenvalue weighted by Crippen LogP contribution is 2.18. The minimum absolute atomic E-state index is 0.0367. The van der Waals surface area contributed by atoms with Gasteiger partial charge in [0.2, 0.25) is 0 Å². The van der Waals surface area contributed by atoms with E-state index in [1.165, 1.54) is 4.57 Å². The molecule has 0 spiro atoms. The molecule has 1 unspecified atom stereocenters. The molecule has 1 aliphatic rings. The number of nitrogens with zero attached hydrogens (tertiary/aromatic N) is 3. The van der Waals surface area contributed by atoms with Gasteiger partial charge in [0.15, 0.2) is 0 Å². The Morgan fingerprint density at radius 1 is 1.64 bits per heavy atom. The van der Waals surface area contributed by atoms with E-state index in [4.69, 9.17) is 0 Å². The number of rotatable bonds is 0. The molecule has 0 aliphatic carbocycles. The maximum atomic E-state index is 11.8. The number of hydrogen-bond acceptors (Lipinski definition) is 3. The monoisotopic (exact) mass is 211 g/mol. The predicted octanol–water partition coefficient (Wildman–Crippen LogP) is 1.29. The molecular weight excluding hydrogens is 198 g/mol. The topological polar surface area (TPSA) is 38.1 Å². The molecule has 0 bridgehead atoms. The highest BCUT2D eigenvalue weighted by Gasteiger charge is 2.21. The van der Waals surface area contributed by atoms with E-state index in [0.717, 1.165) is 18.8 Å². The molecule has 1 fully saturated rings. The van der Waals surface area contributed by atoms with Crippen molar-refractivity contribution in [3.05, 3.63) is 18.7 Å². The first-order valence-corrected chi connectivity index (χ1v) is 5.71. The Balaban J connectivity index is 2.04. The van der Waals surface area contributed by atoms with Gasteiger partial charge in [-0.25, -0.2) is 9.78 Å². The van der Waals surface area contributed by atoms with Crippen molar-refractivity contribution < 1.29 is 4.79 Å². The van der Waals surface area contributed by atoms with Crippen molar-refractivity contribution in [1.82, 2.24) is 14.5 Å². The summed E-state index contributed by atoms with van der Waals surface area (Å²) < 4.78 is 1.53. The third-order valence-corrected chi connectivity index (χ3v) is 3.37. The molecule has 1 atom stereocenters. The number of thioether (sulfide) groups is 1. The van der Waals surface area contributed by atoms with Gasteiger partial charge in [0.1, 0.15) is 6.33 Å². The molecule has 14 heavy (non-hydrogen) atoms. The number of hydrogen-bond donors (Lipinski definition) is 0. The lowest BCUT2D eigenvalue weighted by Gasteiger charge is -2.30. The number of imidazole rings is 1. The van der Waals surface area contributed by atoms with Gasteiger partial charge in [0.05, 0.1) is 0 Å². The molecule has 1 aromatic heterocycles. The first-order chi connectivity index (χ1) is 6.77. The Labute approximate surface area is 87.3 Å². The summed E-state index contributed by atoms with van der Waals surface area (Å²) in [6.07, 6.45) is 4.86. The van der Waals surface area contributed by atoms with Gasteiger partial charge in [-0.05, 0) is 0 Å². The summed E-state index contributed by atoms with van der Waals surface area (Å²) in [6, 6.07) is 0.0367. The molecule has 1 amide bonds. The second kappa shape index (κ2) is 4.04. The largest absolute Gasteiger partial charge is 0.329 e. The van der Waals surface area contributed by atoms with Crippen molar-refractivity contribution in [3.8, 4) is 0 Å². The third kappa shape index (κ3) is 1.92. The normalized spacial score (nSPS) is 22.4. The minimum Gasteiger partial charge on any atom is -0.322 e. The lowest BCUT2D eigenvalue weighted by Crippen LogP contribution is -2.42. The van der Waals surface area contributed by atoms with E-state index in [9.17, 15) is 4.79 Å². The van der Waals surface area contributed by atoms with Crippen LogP contribution in [0.15, 0.2) is 18.7 Å². The first kappa shape index (κ1) is 9.58. The molecule has 2 heterocycles. The van der Waals surface area contributed by atoms with Gasteiger partial charge in [-0.1, -0.05) is 6.92 Å². The van der Waals surface area contributed by atoms with E-state index >= 15 is 0 Å². The van der Waals surface area contributed by atoms with Crippen LogP contribution in [0.1, 0.15) is 6.92 Å². The Kier molecular flexibility index (Phi) is 2.77. The van der Waals surface area contributed by atoms with Gasteiger partial charge in [-0.2, -0.15) is 11.8 Å². The zero-order valence-corrected chi connectivity index (χ0v) is 8.91. The second-order valence-electron chi connectivity index (χ2n) is 3.38. The average Bonchev–Trinajstić information content (AvgIpc) is 2.69. The summed E-state index contributed by atoms with van der Waals surface area (Å²) in [5.74, 6) is 1.03. The average molecular weight is 211 g/mol. The SMILES string of the molecule is CC1CN(C(=O)n2ccnc2)CCS1. The summed E-state index contributed by atoms with van der Waals surface area (Å²) >= 11 is 1.92. The smallest absolute Gasteiger partial charge is 0.322 e. The predicted molar refractivity (Wildman–Crippen MR) is 56.5 cm³/mol. The van der Waals surface area contributed by atoms with Gasteiger partial charge in [0.25, 0.3) is 0 Å². The van der Waals surface area contributed by atoms with Crippen LogP contribution in [-0.4, -0.2) is 44.6 Å². The van der Waals surface area contributed by atoms with Crippen LogP contribution < -0.4 is 0 Å². The highest BCUT2D eigenvalue weighted by molar-refractivity contribution is 7.99. The van der Waals surface area contributed by atoms with E-state index in [2.05, 4.69) is 11.9 Å². The van der Waals surface area contributed by atoms with Gasteiger partial charge < -0.3 is 4.90 Å². The molecule has 0 N–H and O–H groups in total. The van der Waals surface area contributed by atoms with Crippen molar-refractivity contribution in [2.45, 2.75) is 12.2 Å². The fraction of sp³-hybridized carbons (Fsp3) is 0.556. The van der Waals surface area contributed by atoms with Crippen LogP contribution in [0.3, 0.4) is 0 Å². The van der Waals surface area contributed by atoms with E-state index in [0.29, 0.717) is 5.25 Å². The molecule has 0 radical (unpaired) electrons. The number of carbonyl (C=O) groups is 1. The molecule has 4 nitrogen and oxygen atoms in total. The van der Waals surface area contributed by atoms with Crippen LogP contribution >= 0.6 is 11.8 Å². The minimum atomic E-state index is 0.0367. The van der Waals surface area contributed by atoms with E-state index in [1.807, 2.05) is 16.7 Å². The fourth-order valence-electron chi connectivity index (χ4n) is 1.53. The second-order valence-corrected chi connectivity index (χ2v) is 4.93. The van der Waals surface area contributed by atoms with Crippen LogP contribution in [0, 0.1) is 0 Å². The van der Waals surface area contributed by atoms with Crippen molar-refractivity contribution in [2.24, 2.45) is 0 Å². The molecule has 2 rings (SSSR count). The molecule has 1 aromatic rings. The molecule has 1 aliphatic heterocycles. The van der Waals surface area contributed by atoms with Crippen molar-refractivity contribution in [2.75, 3.05) is 18.8 Å². The maximum absolute atomic E-state index is 11.8. The van der Waals surface area contributed by atoms with Crippen molar-refractivity contribution >= 4 is 17.8 Å². The molecule has 0 aromatic carbocycles. The summed E-state index contributed by atoms with van der Waals surface area (Å²) in [5, 5.41) is 0.538. The van der Waals surface area contributed by atoms with Gasteiger partial charge in [0, 0.05) is 36.5 Å². The summed E-state index contributed by atoms with van der Waals surface area (Å²) in [7, 11) is 0. The van der Waals surface area contributed by atoms with E-state index in [-0.39, 0.29) is 6.03 Å². The molecule has 5 heteroatoms. The van der Waals surface area contributed by atoms with Crippen LogP contribution in [0.5, 0.6) is 0 Å². The Morgan fingerprint density at radius 3 is 3.14 bits per heavy atom. The quantitative estimate of drug-likeness (QED) is 0.649. The molecule has 76 valence electrons. The first-order valence-electron chi connectivity index (χ1n) is 4.66. The number of carbonyl (C=O) groups excluding carboxylic acids is 1.